The summed E-state index contributed by atoms with van der Waals surface area (Å²) in [5.41, 5.74) is 1.17. The molecule has 0 amide bonds. The lowest BCUT2D eigenvalue weighted by molar-refractivity contribution is 0.0512. The molecule has 4 nitrogen and oxygen atoms in total. The summed E-state index contributed by atoms with van der Waals surface area (Å²) in [6.45, 7) is 7.54. The molecule has 1 heterocycles. The Bertz CT molecular complexity index is 400. The summed E-state index contributed by atoms with van der Waals surface area (Å²) in [7, 11) is 1.84. The van der Waals surface area contributed by atoms with Crippen LogP contribution in [0.5, 0.6) is 0 Å². The SMILES string of the molecule is CCNC(Cc1ccn(C(C)CC)n1)C(OC)C1CC1. The molecule has 0 spiro atoms. The molecule has 0 radical (unpaired) electrons. The van der Waals surface area contributed by atoms with Gasteiger partial charge in [0.15, 0.2) is 0 Å². The van der Waals surface area contributed by atoms with Gasteiger partial charge in [0.2, 0.25) is 0 Å². The number of likely N-dealkylation sites (N-methyl/N-ethyl adjacent to an activating group) is 1. The molecule has 0 aliphatic heterocycles. The van der Waals surface area contributed by atoms with Crippen LogP contribution in [-0.4, -0.2) is 35.6 Å². The van der Waals surface area contributed by atoms with Gasteiger partial charge in [0.25, 0.3) is 0 Å². The van der Waals surface area contributed by atoms with Gasteiger partial charge >= 0.3 is 0 Å². The van der Waals surface area contributed by atoms with Crippen LogP contribution in [0.2, 0.25) is 0 Å². The summed E-state index contributed by atoms with van der Waals surface area (Å²) in [6.07, 6.45) is 7.10. The van der Waals surface area contributed by atoms with Gasteiger partial charge in [0.05, 0.1) is 11.8 Å². The monoisotopic (exact) mass is 279 g/mol. The molecule has 1 aromatic heterocycles. The van der Waals surface area contributed by atoms with Gasteiger partial charge in [0, 0.05) is 31.8 Å². The minimum absolute atomic E-state index is 0.323. The standard InChI is InChI=1S/C16H29N3O/c1-5-12(3)19-10-9-14(18-19)11-15(17-6-2)16(20-4)13-7-8-13/h9-10,12-13,15-17H,5-8,11H2,1-4H3. The molecule has 0 bridgehead atoms. The molecule has 4 heteroatoms. The van der Waals surface area contributed by atoms with E-state index >= 15 is 0 Å². The maximum atomic E-state index is 5.74. The quantitative estimate of drug-likeness (QED) is 0.755. The molecular weight excluding hydrogens is 250 g/mol. The van der Waals surface area contributed by atoms with Crippen molar-refractivity contribution in [1.29, 1.82) is 0 Å². The molecule has 2 rings (SSSR count). The van der Waals surface area contributed by atoms with E-state index in [9.17, 15) is 0 Å². The third-order valence-corrected chi connectivity index (χ3v) is 4.36. The lowest BCUT2D eigenvalue weighted by Crippen LogP contribution is -2.43. The molecule has 0 saturated heterocycles. The summed E-state index contributed by atoms with van der Waals surface area (Å²) in [6, 6.07) is 3.00. The third-order valence-electron chi connectivity index (χ3n) is 4.36. The Kier molecular flexibility index (Phi) is 5.61. The lowest BCUT2D eigenvalue weighted by atomic mass is 10.0. The van der Waals surface area contributed by atoms with Crippen LogP contribution < -0.4 is 5.32 Å². The fraction of sp³-hybridized carbons (Fsp3) is 0.812. The second-order valence-corrected chi connectivity index (χ2v) is 5.95. The van der Waals surface area contributed by atoms with E-state index in [0.717, 1.165) is 25.3 Å². The van der Waals surface area contributed by atoms with Crippen LogP contribution in [0.4, 0.5) is 0 Å². The van der Waals surface area contributed by atoms with E-state index in [1.807, 2.05) is 7.11 Å². The number of aromatic nitrogens is 2. The van der Waals surface area contributed by atoms with Crippen molar-refractivity contribution in [3.05, 3.63) is 18.0 Å². The molecule has 114 valence electrons. The first kappa shape index (κ1) is 15.5. The molecule has 1 fully saturated rings. The number of nitrogens with one attached hydrogen (secondary N) is 1. The van der Waals surface area contributed by atoms with Crippen LogP contribution in [-0.2, 0) is 11.2 Å². The van der Waals surface area contributed by atoms with E-state index in [-0.39, 0.29) is 0 Å². The van der Waals surface area contributed by atoms with Crippen molar-refractivity contribution in [3.63, 3.8) is 0 Å². The van der Waals surface area contributed by atoms with Gasteiger partial charge in [-0.1, -0.05) is 13.8 Å². The van der Waals surface area contributed by atoms with Gasteiger partial charge in [-0.25, -0.2) is 0 Å². The van der Waals surface area contributed by atoms with Crippen LogP contribution >= 0.6 is 0 Å². The van der Waals surface area contributed by atoms with Crippen LogP contribution in [0.3, 0.4) is 0 Å². The first-order valence-electron chi connectivity index (χ1n) is 7.99. The van der Waals surface area contributed by atoms with Crippen molar-refractivity contribution < 1.29 is 4.74 Å². The maximum Gasteiger partial charge on any atom is 0.0756 e. The number of hydrogen-bond donors (Lipinski definition) is 1. The van der Waals surface area contributed by atoms with Crippen molar-refractivity contribution in [2.75, 3.05) is 13.7 Å². The van der Waals surface area contributed by atoms with Gasteiger partial charge in [-0.2, -0.15) is 5.10 Å². The zero-order valence-electron chi connectivity index (χ0n) is 13.3. The summed E-state index contributed by atoms with van der Waals surface area (Å²) in [4.78, 5) is 0. The Morgan fingerprint density at radius 3 is 2.75 bits per heavy atom. The van der Waals surface area contributed by atoms with E-state index in [1.54, 1.807) is 0 Å². The van der Waals surface area contributed by atoms with Gasteiger partial charge in [-0.3, -0.25) is 4.68 Å². The molecule has 3 atom stereocenters. The highest BCUT2D eigenvalue weighted by Gasteiger charge is 2.36. The van der Waals surface area contributed by atoms with Crippen molar-refractivity contribution in [2.45, 2.75) is 64.6 Å². The average Bonchev–Trinajstić information content (AvgIpc) is 3.17. The van der Waals surface area contributed by atoms with Crippen LogP contribution in [0.15, 0.2) is 12.3 Å². The van der Waals surface area contributed by atoms with Crippen molar-refractivity contribution in [1.82, 2.24) is 15.1 Å². The van der Waals surface area contributed by atoms with Crippen LogP contribution in [0, 0.1) is 5.92 Å². The zero-order chi connectivity index (χ0) is 14.5. The minimum Gasteiger partial charge on any atom is -0.380 e. The predicted molar refractivity (Wildman–Crippen MR) is 81.9 cm³/mol. The molecule has 1 saturated carbocycles. The maximum absolute atomic E-state index is 5.74. The highest BCUT2D eigenvalue weighted by molar-refractivity contribution is 5.05. The number of ether oxygens (including phenoxy) is 1. The molecule has 1 aliphatic rings. The van der Waals surface area contributed by atoms with Gasteiger partial charge in [0.1, 0.15) is 0 Å². The first-order chi connectivity index (χ1) is 9.69. The van der Waals surface area contributed by atoms with E-state index < -0.39 is 0 Å². The normalized spacial score (nSPS) is 19.8. The van der Waals surface area contributed by atoms with E-state index in [2.05, 4.69) is 43.0 Å². The smallest absolute Gasteiger partial charge is 0.0756 e. The van der Waals surface area contributed by atoms with E-state index in [4.69, 9.17) is 9.84 Å². The Morgan fingerprint density at radius 2 is 2.20 bits per heavy atom. The number of rotatable bonds is 9. The molecule has 20 heavy (non-hydrogen) atoms. The van der Waals surface area contributed by atoms with Gasteiger partial charge in [-0.05, 0) is 44.7 Å². The molecule has 0 aromatic carbocycles. The van der Waals surface area contributed by atoms with Crippen molar-refractivity contribution in [3.8, 4) is 0 Å². The van der Waals surface area contributed by atoms with Crippen molar-refractivity contribution in [2.24, 2.45) is 5.92 Å². The fourth-order valence-electron chi connectivity index (χ4n) is 2.82. The average molecular weight is 279 g/mol. The van der Waals surface area contributed by atoms with Crippen LogP contribution in [0.25, 0.3) is 0 Å². The Labute approximate surface area is 122 Å². The Balaban J connectivity index is 2.01. The highest BCUT2D eigenvalue weighted by Crippen LogP contribution is 2.36. The molecule has 1 aromatic rings. The molecule has 1 N–H and O–H groups in total. The fourth-order valence-corrected chi connectivity index (χ4v) is 2.82. The predicted octanol–water partition coefficient (Wildman–Crippen LogP) is 2.80. The minimum atomic E-state index is 0.323. The van der Waals surface area contributed by atoms with Crippen molar-refractivity contribution >= 4 is 0 Å². The largest absolute Gasteiger partial charge is 0.380 e. The zero-order valence-corrected chi connectivity index (χ0v) is 13.3. The lowest BCUT2D eigenvalue weighted by Gasteiger charge is -2.26. The number of hydrogen-bond acceptors (Lipinski definition) is 3. The number of nitrogens with zero attached hydrogens (tertiary/aromatic N) is 2. The summed E-state index contributed by atoms with van der Waals surface area (Å²) in [5, 5.41) is 8.30. The Morgan fingerprint density at radius 1 is 1.45 bits per heavy atom. The molecule has 3 unspecified atom stereocenters. The summed E-state index contributed by atoms with van der Waals surface area (Å²) >= 11 is 0. The second kappa shape index (κ2) is 7.23. The Hall–Kier alpha value is -0.870. The summed E-state index contributed by atoms with van der Waals surface area (Å²) < 4.78 is 7.82. The first-order valence-corrected chi connectivity index (χ1v) is 7.99. The van der Waals surface area contributed by atoms with E-state index in [0.29, 0.717) is 18.2 Å². The van der Waals surface area contributed by atoms with Gasteiger partial charge in [-0.15, -0.1) is 0 Å². The molecule has 1 aliphatic carbocycles. The topological polar surface area (TPSA) is 39.1 Å². The summed E-state index contributed by atoms with van der Waals surface area (Å²) in [5.74, 6) is 0.737. The second-order valence-electron chi connectivity index (χ2n) is 5.95. The third kappa shape index (κ3) is 3.83. The highest BCUT2D eigenvalue weighted by atomic mass is 16.5. The van der Waals surface area contributed by atoms with Crippen LogP contribution in [0.1, 0.15) is 51.8 Å². The molecular formula is C16H29N3O. The number of methoxy groups -OCH3 is 1. The van der Waals surface area contributed by atoms with E-state index in [1.165, 1.54) is 18.5 Å². The van der Waals surface area contributed by atoms with Gasteiger partial charge < -0.3 is 10.1 Å².